The van der Waals surface area contributed by atoms with E-state index in [0.717, 1.165) is 5.56 Å². The summed E-state index contributed by atoms with van der Waals surface area (Å²) < 4.78 is 21.2. The Morgan fingerprint density at radius 1 is 0.926 bits per heavy atom. The third-order valence-corrected chi connectivity index (χ3v) is 4.01. The number of likely N-dealkylation sites (N-methyl/N-ethyl adjacent to an activating group) is 1. The Morgan fingerprint density at radius 2 is 1.63 bits per heavy atom. The second kappa shape index (κ2) is 9.68. The van der Waals surface area contributed by atoms with Gasteiger partial charge in [-0.2, -0.15) is 0 Å². The second-order valence-electron chi connectivity index (χ2n) is 5.94. The van der Waals surface area contributed by atoms with Crippen LogP contribution in [0.1, 0.15) is 5.56 Å². The van der Waals surface area contributed by atoms with Crippen molar-refractivity contribution in [1.29, 1.82) is 0 Å². The predicted molar refractivity (Wildman–Crippen MR) is 104 cm³/mol. The largest absolute Gasteiger partial charge is 0.493 e. The fourth-order valence-electron chi connectivity index (χ4n) is 2.78. The Kier molecular flexibility index (Phi) is 7.31. The van der Waals surface area contributed by atoms with Crippen LogP contribution in [0.25, 0.3) is 0 Å². The Labute approximate surface area is 159 Å². The lowest BCUT2D eigenvalue weighted by Gasteiger charge is -2.19. The summed E-state index contributed by atoms with van der Waals surface area (Å²) in [4.78, 5) is 14.3. The van der Waals surface area contributed by atoms with Crippen LogP contribution in [0.2, 0.25) is 0 Å². The lowest BCUT2D eigenvalue weighted by Crippen LogP contribution is -2.30. The first-order valence-electron chi connectivity index (χ1n) is 8.42. The molecule has 7 heteroatoms. The van der Waals surface area contributed by atoms with Gasteiger partial charge in [-0.25, -0.2) is 0 Å². The summed E-state index contributed by atoms with van der Waals surface area (Å²) >= 11 is 0. The molecule has 0 heterocycles. The van der Waals surface area contributed by atoms with Gasteiger partial charge in [-0.05, 0) is 25.2 Å². The number of anilines is 1. The number of rotatable bonds is 9. The molecule has 7 nitrogen and oxygen atoms in total. The topological polar surface area (TPSA) is 69.3 Å². The molecule has 0 unspecified atom stereocenters. The van der Waals surface area contributed by atoms with Gasteiger partial charge in [-0.1, -0.05) is 12.1 Å². The maximum atomic E-state index is 12.4. The summed E-state index contributed by atoms with van der Waals surface area (Å²) in [7, 11) is 8.19. The number of benzene rings is 2. The van der Waals surface area contributed by atoms with E-state index in [9.17, 15) is 4.79 Å². The normalized spacial score (nSPS) is 10.4. The Morgan fingerprint density at radius 3 is 2.26 bits per heavy atom. The molecular weight excluding hydrogens is 348 g/mol. The first kappa shape index (κ1) is 20.4. The minimum Gasteiger partial charge on any atom is -0.493 e. The molecule has 2 rings (SSSR count). The molecule has 0 aliphatic rings. The summed E-state index contributed by atoms with van der Waals surface area (Å²) in [6, 6.07) is 10.9. The number of nitrogens with one attached hydrogen (secondary N) is 1. The highest BCUT2D eigenvalue weighted by Crippen LogP contribution is 2.31. The molecular formula is C20H26N2O5. The van der Waals surface area contributed by atoms with Crippen LogP contribution in [0.4, 0.5) is 5.69 Å². The Balaban J connectivity index is 2.00. The van der Waals surface area contributed by atoms with Crippen molar-refractivity contribution in [2.75, 3.05) is 47.3 Å². The van der Waals surface area contributed by atoms with Crippen LogP contribution in [0.15, 0.2) is 36.4 Å². The average Bonchev–Trinajstić information content (AvgIpc) is 2.67. The Bertz CT molecular complexity index is 779. The van der Waals surface area contributed by atoms with E-state index in [1.54, 1.807) is 46.6 Å². The smallest absolute Gasteiger partial charge is 0.238 e. The van der Waals surface area contributed by atoms with Crippen LogP contribution in [0, 0.1) is 0 Å². The maximum Gasteiger partial charge on any atom is 0.238 e. The minimum absolute atomic E-state index is 0.133. The standard InChI is InChI=1S/C20H26N2O5/c1-22(12-14-7-6-8-17(25-3)20(14)27-5)13-19(23)21-15-9-10-16(24-2)18(11-15)26-4/h6-11H,12-13H2,1-5H3,(H,21,23). The van der Waals surface area contributed by atoms with Gasteiger partial charge in [0.25, 0.3) is 0 Å². The van der Waals surface area contributed by atoms with Gasteiger partial charge < -0.3 is 24.3 Å². The lowest BCUT2D eigenvalue weighted by molar-refractivity contribution is -0.117. The van der Waals surface area contributed by atoms with Gasteiger partial charge in [0.05, 0.1) is 35.0 Å². The highest BCUT2D eigenvalue weighted by Gasteiger charge is 2.14. The molecule has 0 aliphatic heterocycles. The number of amides is 1. The van der Waals surface area contributed by atoms with Crippen molar-refractivity contribution in [3.63, 3.8) is 0 Å². The summed E-state index contributed by atoms with van der Waals surface area (Å²) in [5.74, 6) is 2.37. The molecule has 0 saturated carbocycles. The van der Waals surface area contributed by atoms with Crippen LogP contribution in [0.3, 0.4) is 0 Å². The van der Waals surface area contributed by atoms with E-state index < -0.39 is 0 Å². The number of ether oxygens (including phenoxy) is 4. The molecule has 0 spiro atoms. The van der Waals surface area contributed by atoms with E-state index in [0.29, 0.717) is 35.2 Å². The van der Waals surface area contributed by atoms with Gasteiger partial charge in [0, 0.05) is 23.9 Å². The number of methoxy groups -OCH3 is 4. The minimum atomic E-state index is -0.133. The highest BCUT2D eigenvalue weighted by atomic mass is 16.5. The van der Waals surface area contributed by atoms with E-state index in [1.165, 1.54) is 0 Å². The molecule has 2 aromatic rings. The monoisotopic (exact) mass is 374 g/mol. The summed E-state index contributed by atoms with van der Waals surface area (Å²) in [6.07, 6.45) is 0. The third-order valence-electron chi connectivity index (χ3n) is 4.01. The fourth-order valence-corrected chi connectivity index (χ4v) is 2.78. The van der Waals surface area contributed by atoms with Gasteiger partial charge in [-0.3, -0.25) is 9.69 Å². The van der Waals surface area contributed by atoms with Crippen molar-refractivity contribution in [3.8, 4) is 23.0 Å². The highest BCUT2D eigenvalue weighted by molar-refractivity contribution is 5.92. The SMILES string of the molecule is COc1ccc(NC(=O)CN(C)Cc2cccc(OC)c2OC)cc1OC. The zero-order valence-corrected chi connectivity index (χ0v) is 16.4. The Hall–Kier alpha value is -2.93. The quantitative estimate of drug-likeness (QED) is 0.728. The maximum absolute atomic E-state index is 12.4. The van der Waals surface area contributed by atoms with Gasteiger partial charge in [0.2, 0.25) is 5.91 Å². The first-order chi connectivity index (χ1) is 13.0. The number of carbonyl (C=O) groups excluding carboxylic acids is 1. The molecule has 0 aromatic heterocycles. The van der Waals surface area contributed by atoms with Crippen molar-refractivity contribution >= 4 is 11.6 Å². The van der Waals surface area contributed by atoms with Gasteiger partial charge in [0.1, 0.15) is 0 Å². The predicted octanol–water partition coefficient (Wildman–Crippen LogP) is 2.79. The van der Waals surface area contributed by atoms with Gasteiger partial charge in [0.15, 0.2) is 23.0 Å². The summed E-state index contributed by atoms with van der Waals surface area (Å²) in [5, 5.41) is 2.86. The van der Waals surface area contributed by atoms with Crippen LogP contribution in [-0.4, -0.2) is 52.8 Å². The van der Waals surface area contributed by atoms with E-state index in [-0.39, 0.29) is 12.5 Å². The van der Waals surface area contributed by atoms with Crippen molar-refractivity contribution < 1.29 is 23.7 Å². The summed E-state index contributed by atoms with van der Waals surface area (Å²) in [6.45, 7) is 0.758. The fraction of sp³-hybridized carbons (Fsp3) is 0.350. The molecule has 27 heavy (non-hydrogen) atoms. The van der Waals surface area contributed by atoms with Crippen molar-refractivity contribution in [3.05, 3.63) is 42.0 Å². The van der Waals surface area contributed by atoms with E-state index in [4.69, 9.17) is 18.9 Å². The zero-order valence-electron chi connectivity index (χ0n) is 16.4. The third kappa shape index (κ3) is 5.27. The van der Waals surface area contributed by atoms with Gasteiger partial charge >= 0.3 is 0 Å². The number of hydrogen-bond donors (Lipinski definition) is 1. The molecule has 1 amide bonds. The zero-order chi connectivity index (χ0) is 19.8. The number of hydrogen-bond acceptors (Lipinski definition) is 6. The van der Waals surface area contributed by atoms with E-state index in [2.05, 4.69) is 5.32 Å². The molecule has 146 valence electrons. The molecule has 0 aliphatic carbocycles. The summed E-state index contributed by atoms with van der Waals surface area (Å²) in [5.41, 5.74) is 1.59. The molecule has 2 aromatic carbocycles. The molecule has 0 bridgehead atoms. The van der Waals surface area contributed by atoms with Crippen molar-refractivity contribution in [1.82, 2.24) is 4.90 Å². The molecule has 0 saturated heterocycles. The molecule has 0 atom stereocenters. The lowest BCUT2D eigenvalue weighted by atomic mass is 10.1. The number of carbonyl (C=O) groups is 1. The molecule has 0 fully saturated rings. The van der Waals surface area contributed by atoms with E-state index >= 15 is 0 Å². The van der Waals surface area contributed by atoms with Crippen LogP contribution in [-0.2, 0) is 11.3 Å². The van der Waals surface area contributed by atoms with Crippen LogP contribution < -0.4 is 24.3 Å². The first-order valence-corrected chi connectivity index (χ1v) is 8.42. The molecule has 1 N–H and O–H groups in total. The number of para-hydroxylation sites is 1. The molecule has 0 radical (unpaired) electrons. The van der Waals surface area contributed by atoms with Crippen molar-refractivity contribution in [2.24, 2.45) is 0 Å². The van der Waals surface area contributed by atoms with Crippen LogP contribution in [0.5, 0.6) is 23.0 Å². The van der Waals surface area contributed by atoms with Gasteiger partial charge in [-0.15, -0.1) is 0 Å². The van der Waals surface area contributed by atoms with E-state index in [1.807, 2.05) is 30.1 Å². The van der Waals surface area contributed by atoms with Crippen molar-refractivity contribution in [2.45, 2.75) is 6.54 Å². The number of nitrogens with zero attached hydrogens (tertiary/aromatic N) is 1. The van der Waals surface area contributed by atoms with Crippen LogP contribution >= 0.6 is 0 Å². The second-order valence-corrected chi connectivity index (χ2v) is 5.94. The average molecular weight is 374 g/mol.